The Labute approximate surface area is 91.1 Å². The smallest absolute Gasteiger partial charge is 0.358 e. The topological polar surface area (TPSA) is 35.5 Å². The summed E-state index contributed by atoms with van der Waals surface area (Å²) in [4.78, 5) is 11.2. The highest BCUT2D eigenvalue weighted by molar-refractivity contribution is 9.09. The second kappa shape index (κ2) is 5.65. The zero-order valence-electron chi connectivity index (χ0n) is 7.77. The number of carbonyl (C=O) groups is 1. The van der Waals surface area contributed by atoms with Crippen molar-refractivity contribution in [2.75, 3.05) is 6.61 Å². The molecule has 4 heteroatoms. The number of esters is 1. The third-order valence-corrected chi connectivity index (χ3v) is 2.02. The van der Waals surface area contributed by atoms with E-state index in [2.05, 4.69) is 15.9 Å². The van der Waals surface area contributed by atoms with Gasteiger partial charge in [0.05, 0.1) is 6.61 Å². The van der Waals surface area contributed by atoms with Crippen LogP contribution in [0.1, 0.15) is 6.92 Å². The molecule has 0 fully saturated rings. The second-order valence-corrected chi connectivity index (χ2v) is 3.33. The molecule has 0 heterocycles. The quantitative estimate of drug-likeness (QED) is 0.615. The van der Waals surface area contributed by atoms with Gasteiger partial charge in [0.25, 0.3) is 0 Å². The lowest BCUT2D eigenvalue weighted by Gasteiger charge is -2.11. The highest BCUT2D eigenvalue weighted by Gasteiger charge is 2.17. The molecule has 14 heavy (non-hydrogen) atoms. The average Bonchev–Trinajstić information content (AvgIpc) is 2.19. The fourth-order valence-corrected chi connectivity index (χ4v) is 1.22. The summed E-state index contributed by atoms with van der Waals surface area (Å²) in [7, 11) is 0. The molecule has 1 atom stereocenters. The molecule has 76 valence electrons. The van der Waals surface area contributed by atoms with Crippen LogP contribution in [0.5, 0.6) is 5.75 Å². The molecule has 0 radical (unpaired) electrons. The number of para-hydroxylation sites is 1. The Balaban J connectivity index is 2.49. The van der Waals surface area contributed by atoms with Crippen LogP contribution in [-0.2, 0) is 9.53 Å². The van der Waals surface area contributed by atoms with Crippen LogP contribution in [-0.4, -0.2) is 17.6 Å². The van der Waals surface area contributed by atoms with Crippen LogP contribution < -0.4 is 4.74 Å². The normalized spacial score (nSPS) is 11.9. The number of hydrogen-bond acceptors (Lipinski definition) is 3. The lowest BCUT2D eigenvalue weighted by atomic mass is 10.3. The lowest BCUT2D eigenvalue weighted by Crippen LogP contribution is -2.23. The molecule has 1 rings (SSSR count). The number of alkyl halides is 1. The summed E-state index contributed by atoms with van der Waals surface area (Å²) in [6.45, 7) is 2.10. The van der Waals surface area contributed by atoms with E-state index in [9.17, 15) is 4.79 Å². The summed E-state index contributed by atoms with van der Waals surface area (Å²) in [5, 5.41) is -0.746. The largest absolute Gasteiger partial charge is 0.467 e. The zero-order chi connectivity index (χ0) is 10.4. The van der Waals surface area contributed by atoms with E-state index in [-0.39, 0.29) is 0 Å². The first kappa shape index (κ1) is 11.0. The highest BCUT2D eigenvalue weighted by atomic mass is 79.9. The van der Waals surface area contributed by atoms with Crippen LogP contribution in [0.2, 0.25) is 0 Å². The average molecular weight is 259 g/mol. The minimum absolute atomic E-state index is 0.346. The molecule has 0 saturated carbocycles. The Hall–Kier alpha value is -1.03. The zero-order valence-corrected chi connectivity index (χ0v) is 9.36. The van der Waals surface area contributed by atoms with Gasteiger partial charge in [0, 0.05) is 0 Å². The second-order valence-electron chi connectivity index (χ2n) is 2.50. The molecular weight excluding hydrogens is 248 g/mol. The van der Waals surface area contributed by atoms with Crippen molar-refractivity contribution in [2.45, 2.75) is 11.9 Å². The van der Waals surface area contributed by atoms with Crippen molar-refractivity contribution in [3.05, 3.63) is 30.3 Å². The number of halogens is 1. The van der Waals surface area contributed by atoms with E-state index in [1.54, 1.807) is 19.1 Å². The van der Waals surface area contributed by atoms with Crippen molar-refractivity contribution >= 4 is 21.9 Å². The molecule has 3 nitrogen and oxygen atoms in total. The molecular formula is C10H11BrO3. The Morgan fingerprint density at radius 3 is 2.64 bits per heavy atom. The van der Waals surface area contributed by atoms with Gasteiger partial charge < -0.3 is 9.47 Å². The van der Waals surface area contributed by atoms with Crippen LogP contribution >= 0.6 is 15.9 Å². The molecule has 1 unspecified atom stereocenters. The minimum Gasteiger partial charge on any atom is -0.467 e. The lowest BCUT2D eigenvalue weighted by molar-refractivity contribution is -0.146. The first-order valence-corrected chi connectivity index (χ1v) is 5.18. The maximum absolute atomic E-state index is 11.2. The molecule has 1 aromatic rings. The first-order valence-electron chi connectivity index (χ1n) is 4.26. The SMILES string of the molecule is CCOC(=O)C(Br)Oc1ccccc1. The van der Waals surface area contributed by atoms with E-state index in [4.69, 9.17) is 9.47 Å². The maximum Gasteiger partial charge on any atom is 0.358 e. The van der Waals surface area contributed by atoms with Crippen LogP contribution in [0, 0.1) is 0 Å². The Kier molecular flexibility index (Phi) is 4.46. The molecule has 0 bridgehead atoms. The van der Waals surface area contributed by atoms with E-state index in [0.717, 1.165) is 0 Å². The van der Waals surface area contributed by atoms with Gasteiger partial charge in [-0.05, 0) is 35.0 Å². The van der Waals surface area contributed by atoms with Gasteiger partial charge in [-0.2, -0.15) is 0 Å². The molecule has 0 N–H and O–H groups in total. The third-order valence-electron chi connectivity index (χ3n) is 1.45. The molecule has 0 spiro atoms. The third kappa shape index (κ3) is 3.38. The predicted octanol–water partition coefficient (Wildman–Crippen LogP) is 2.35. The van der Waals surface area contributed by atoms with Gasteiger partial charge in [0.2, 0.25) is 5.01 Å². The standard InChI is InChI=1S/C10H11BrO3/c1-2-13-10(12)9(11)14-8-6-4-3-5-7-8/h3-7,9H,2H2,1H3. The summed E-state index contributed by atoms with van der Waals surface area (Å²) >= 11 is 3.08. The molecule has 0 saturated heterocycles. The van der Waals surface area contributed by atoms with Crippen molar-refractivity contribution in [3.63, 3.8) is 0 Å². The molecule has 1 aromatic carbocycles. The Morgan fingerprint density at radius 2 is 2.07 bits per heavy atom. The van der Waals surface area contributed by atoms with Gasteiger partial charge in [0.1, 0.15) is 5.75 Å². The molecule has 0 aliphatic carbocycles. The van der Waals surface area contributed by atoms with E-state index < -0.39 is 11.0 Å². The summed E-state index contributed by atoms with van der Waals surface area (Å²) in [5.41, 5.74) is 0. The fourth-order valence-electron chi connectivity index (χ4n) is 0.874. The molecule has 0 amide bonds. The Bertz CT molecular complexity index is 287. The molecule has 0 aromatic heterocycles. The molecule has 0 aliphatic heterocycles. The van der Waals surface area contributed by atoms with Gasteiger partial charge in [0.15, 0.2) is 0 Å². The fraction of sp³-hybridized carbons (Fsp3) is 0.300. The summed E-state index contributed by atoms with van der Waals surface area (Å²) in [6, 6.07) is 9.09. The molecule has 0 aliphatic rings. The number of hydrogen-bond donors (Lipinski definition) is 0. The van der Waals surface area contributed by atoms with Gasteiger partial charge in [-0.15, -0.1) is 0 Å². The van der Waals surface area contributed by atoms with Crippen molar-refractivity contribution in [1.29, 1.82) is 0 Å². The van der Waals surface area contributed by atoms with E-state index in [1.165, 1.54) is 0 Å². The van der Waals surface area contributed by atoms with Gasteiger partial charge in [-0.25, -0.2) is 4.79 Å². The Morgan fingerprint density at radius 1 is 1.43 bits per heavy atom. The number of rotatable bonds is 4. The summed E-state index contributed by atoms with van der Waals surface area (Å²) < 4.78 is 10.0. The summed E-state index contributed by atoms with van der Waals surface area (Å²) in [6.07, 6.45) is 0. The van der Waals surface area contributed by atoms with Crippen LogP contribution in [0.3, 0.4) is 0 Å². The van der Waals surface area contributed by atoms with Crippen LogP contribution in [0.25, 0.3) is 0 Å². The number of ether oxygens (including phenoxy) is 2. The van der Waals surface area contributed by atoms with Crippen molar-refractivity contribution in [1.82, 2.24) is 0 Å². The summed E-state index contributed by atoms with van der Waals surface area (Å²) in [5.74, 6) is 0.207. The van der Waals surface area contributed by atoms with Crippen molar-refractivity contribution in [3.8, 4) is 5.75 Å². The van der Waals surface area contributed by atoms with Crippen molar-refractivity contribution in [2.24, 2.45) is 0 Å². The number of carbonyl (C=O) groups excluding carboxylic acids is 1. The maximum atomic E-state index is 11.2. The van der Waals surface area contributed by atoms with Crippen LogP contribution in [0.4, 0.5) is 0 Å². The van der Waals surface area contributed by atoms with E-state index in [1.807, 2.05) is 18.2 Å². The van der Waals surface area contributed by atoms with E-state index >= 15 is 0 Å². The van der Waals surface area contributed by atoms with Gasteiger partial charge in [-0.1, -0.05) is 18.2 Å². The number of benzene rings is 1. The van der Waals surface area contributed by atoms with Gasteiger partial charge in [-0.3, -0.25) is 0 Å². The van der Waals surface area contributed by atoms with E-state index in [0.29, 0.717) is 12.4 Å². The monoisotopic (exact) mass is 258 g/mol. The highest BCUT2D eigenvalue weighted by Crippen LogP contribution is 2.14. The predicted molar refractivity (Wildman–Crippen MR) is 56.4 cm³/mol. The minimum atomic E-state index is -0.746. The first-order chi connectivity index (χ1) is 6.74. The van der Waals surface area contributed by atoms with Gasteiger partial charge >= 0.3 is 5.97 Å². The van der Waals surface area contributed by atoms with Crippen LogP contribution in [0.15, 0.2) is 30.3 Å². The van der Waals surface area contributed by atoms with Crippen molar-refractivity contribution < 1.29 is 14.3 Å².